The lowest BCUT2D eigenvalue weighted by atomic mass is 10.0. The first-order valence-corrected chi connectivity index (χ1v) is 7.32. The molecule has 9 heteroatoms. The van der Waals surface area contributed by atoms with E-state index < -0.39 is 16.4 Å². The van der Waals surface area contributed by atoms with E-state index in [0.717, 1.165) is 12.1 Å². The molecule has 5 nitrogen and oxygen atoms in total. The summed E-state index contributed by atoms with van der Waals surface area (Å²) in [4.78, 5) is 16.3. The molecule has 0 unspecified atom stereocenters. The lowest BCUT2D eigenvalue weighted by Crippen LogP contribution is -1.97. The zero-order chi connectivity index (χ0) is 18.0. The van der Waals surface area contributed by atoms with E-state index in [0.29, 0.717) is 0 Å². The van der Waals surface area contributed by atoms with Gasteiger partial charge in [-0.15, -0.1) is 0 Å². The van der Waals surface area contributed by atoms with Crippen LogP contribution < -0.4 is 0 Å². The van der Waals surface area contributed by atoms with E-state index in [1.807, 2.05) is 0 Å². The summed E-state index contributed by atoms with van der Waals surface area (Å²) in [5.74, 6) is -0.814. The number of benzene rings is 2. The predicted octanol–water partition coefficient (Wildman–Crippen LogP) is 6.39. The molecule has 0 radical (unpaired) electrons. The van der Waals surface area contributed by atoms with Crippen molar-refractivity contribution in [3.63, 3.8) is 0 Å². The first-order valence-electron chi connectivity index (χ1n) is 6.18. The molecular weight excluding hydrogens is 380 g/mol. The molecule has 2 aromatic carbocycles. The standard InChI is InChI=1S/C15H5Cl3FN3O2/c1-20-14-12(17)9(11(16)13(18)15(14)21-2)5-7-3-4-8(22(23)24)6-10(7)19/h3-4,6H,5H2. The van der Waals surface area contributed by atoms with Gasteiger partial charge in [0.1, 0.15) is 5.82 Å². The van der Waals surface area contributed by atoms with Crippen LogP contribution in [-0.2, 0) is 6.42 Å². The van der Waals surface area contributed by atoms with Crippen LogP contribution in [0, 0.1) is 29.1 Å². The molecule has 0 aliphatic rings. The highest BCUT2D eigenvalue weighted by Crippen LogP contribution is 2.48. The molecule has 0 aromatic heterocycles. The van der Waals surface area contributed by atoms with Crippen molar-refractivity contribution in [2.24, 2.45) is 0 Å². The van der Waals surface area contributed by atoms with Gasteiger partial charge in [-0.05, 0) is 17.2 Å². The van der Waals surface area contributed by atoms with E-state index in [1.165, 1.54) is 6.07 Å². The Labute approximate surface area is 151 Å². The highest BCUT2D eigenvalue weighted by Gasteiger charge is 2.23. The molecule has 120 valence electrons. The molecule has 2 aromatic rings. The lowest BCUT2D eigenvalue weighted by molar-refractivity contribution is -0.385. The number of nitro groups is 1. The van der Waals surface area contributed by atoms with Crippen LogP contribution in [0.5, 0.6) is 0 Å². The van der Waals surface area contributed by atoms with Crippen molar-refractivity contribution in [1.29, 1.82) is 0 Å². The molecule has 24 heavy (non-hydrogen) atoms. The summed E-state index contributed by atoms with van der Waals surface area (Å²) >= 11 is 18.2. The first-order chi connectivity index (χ1) is 11.3. The summed E-state index contributed by atoms with van der Waals surface area (Å²) in [7, 11) is 0. The molecule has 0 saturated heterocycles. The van der Waals surface area contributed by atoms with E-state index in [9.17, 15) is 14.5 Å². The third-order valence-corrected chi connectivity index (χ3v) is 4.49. The Balaban J connectivity index is 2.60. The second-order valence-corrected chi connectivity index (χ2v) is 5.68. The van der Waals surface area contributed by atoms with Crippen LogP contribution in [0.15, 0.2) is 18.2 Å². The maximum absolute atomic E-state index is 14.1. The van der Waals surface area contributed by atoms with Gasteiger partial charge in [-0.25, -0.2) is 14.1 Å². The number of rotatable bonds is 3. The maximum Gasteiger partial charge on any atom is 0.272 e. The normalized spacial score (nSPS) is 10.1. The summed E-state index contributed by atoms with van der Waals surface area (Å²) in [6, 6.07) is 3.15. The van der Waals surface area contributed by atoms with Gasteiger partial charge in [-0.3, -0.25) is 10.1 Å². The monoisotopic (exact) mass is 383 g/mol. The Morgan fingerprint density at radius 2 is 1.67 bits per heavy atom. The van der Waals surface area contributed by atoms with Gasteiger partial charge in [0.15, 0.2) is 0 Å². The molecule has 0 N–H and O–H groups in total. The fourth-order valence-electron chi connectivity index (χ4n) is 2.03. The number of halogens is 4. The average molecular weight is 385 g/mol. The van der Waals surface area contributed by atoms with E-state index >= 15 is 0 Å². The molecule has 0 aliphatic carbocycles. The zero-order valence-electron chi connectivity index (χ0n) is 11.6. The SMILES string of the molecule is [C-]#[N+]c1c(Cl)c(Cl)c(Cc2ccc([N+](=O)[O-])cc2F)c(Cl)c1[N+]#[C-]. The van der Waals surface area contributed by atoms with E-state index in [1.54, 1.807) is 0 Å². The molecule has 0 aliphatic heterocycles. The van der Waals surface area contributed by atoms with Gasteiger partial charge in [0.25, 0.3) is 5.69 Å². The molecule has 0 fully saturated rings. The second kappa shape index (κ2) is 7.02. The third kappa shape index (κ3) is 3.13. The number of hydrogen-bond donors (Lipinski definition) is 0. The minimum Gasteiger partial charge on any atom is -0.258 e. The number of hydrogen-bond acceptors (Lipinski definition) is 2. The molecule has 0 bridgehead atoms. The Hall–Kier alpha value is -2.38. The third-order valence-electron chi connectivity index (χ3n) is 3.20. The van der Waals surface area contributed by atoms with Crippen LogP contribution >= 0.6 is 34.8 Å². The Kier molecular flexibility index (Phi) is 5.26. The Morgan fingerprint density at radius 3 is 2.17 bits per heavy atom. The Morgan fingerprint density at radius 1 is 1.08 bits per heavy atom. The zero-order valence-corrected chi connectivity index (χ0v) is 13.9. The summed E-state index contributed by atoms with van der Waals surface area (Å²) < 4.78 is 14.1. The van der Waals surface area contributed by atoms with Gasteiger partial charge >= 0.3 is 0 Å². The predicted molar refractivity (Wildman–Crippen MR) is 89.9 cm³/mol. The maximum atomic E-state index is 14.1. The smallest absolute Gasteiger partial charge is 0.258 e. The fourth-order valence-corrected chi connectivity index (χ4v) is 2.86. The van der Waals surface area contributed by atoms with Gasteiger partial charge in [0.05, 0.1) is 34.2 Å². The topological polar surface area (TPSA) is 51.9 Å². The van der Waals surface area contributed by atoms with Gasteiger partial charge in [0, 0.05) is 17.5 Å². The number of non-ortho nitro benzene ring substituents is 1. The average Bonchev–Trinajstić information content (AvgIpc) is 2.55. The summed E-state index contributed by atoms with van der Waals surface area (Å²) in [6.07, 6.45) is -0.137. The van der Waals surface area contributed by atoms with Crippen LogP contribution in [0.4, 0.5) is 21.5 Å². The Bertz CT molecular complexity index is 949. The molecule has 0 spiro atoms. The van der Waals surface area contributed by atoms with E-state index in [-0.39, 0.29) is 44.0 Å². The quantitative estimate of drug-likeness (QED) is 0.266. The fraction of sp³-hybridized carbons (Fsp3) is 0.0667. The van der Waals surface area contributed by atoms with Crippen LogP contribution in [0.1, 0.15) is 11.1 Å². The molecule has 0 saturated carbocycles. The van der Waals surface area contributed by atoms with Crippen molar-refractivity contribution in [3.05, 3.63) is 83.2 Å². The highest BCUT2D eigenvalue weighted by molar-refractivity contribution is 6.47. The molecule has 0 amide bonds. The molecule has 0 heterocycles. The number of nitro benzene ring substituents is 1. The highest BCUT2D eigenvalue weighted by atomic mass is 35.5. The van der Waals surface area contributed by atoms with Crippen LogP contribution in [-0.4, -0.2) is 4.92 Å². The van der Waals surface area contributed by atoms with Crippen molar-refractivity contribution < 1.29 is 9.31 Å². The van der Waals surface area contributed by atoms with E-state index in [4.69, 9.17) is 47.9 Å². The van der Waals surface area contributed by atoms with Crippen molar-refractivity contribution in [2.45, 2.75) is 6.42 Å². The molecular formula is C15H5Cl3FN3O2. The van der Waals surface area contributed by atoms with Crippen molar-refractivity contribution >= 4 is 51.9 Å². The van der Waals surface area contributed by atoms with Crippen molar-refractivity contribution in [3.8, 4) is 0 Å². The number of nitrogens with zero attached hydrogens (tertiary/aromatic N) is 3. The largest absolute Gasteiger partial charge is 0.272 e. The van der Waals surface area contributed by atoms with Crippen LogP contribution in [0.25, 0.3) is 9.69 Å². The molecule has 0 atom stereocenters. The lowest BCUT2D eigenvalue weighted by Gasteiger charge is -2.13. The first kappa shape index (κ1) is 18.0. The van der Waals surface area contributed by atoms with Gasteiger partial charge in [-0.1, -0.05) is 34.8 Å². The minimum atomic E-state index is -0.814. The van der Waals surface area contributed by atoms with Gasteiger partial charge in [-0.2, -0.15) is 0 Å². The van der Waals surface area contributed by atoms with Crippen LogP contribution in [0.3, 0.4) is 0 Å². The van der Waals surface area contributed by atoms with E-state index in [2.05, 4.69) is 9.69 Å². The second-order valence-electron chi connectivity index (χ2n) is 4.55. The van der Waals surface area contributed by atoms with Gasteiger partial charge < -0.3 is 0 Å². The van der Waals surface area contributed by atoms with Crippen LogP contribution in [0.2, 0.25) is 15.1 Å². The summed E-state index contributed by atoms with van der Waals surface area (Å²) in [6.45, 7) is 14.2. The summed E-state index contributed by atoms with van der Waals surface area (Å²) in [5.41, 5.74) is -0.467. The van der Waals surface area contributed by atoms with Crippen molar-refractivity contribution in [2.75, 3.05) is 0 Å². The minimum absolute atomic E-state index is 0.0576. The van der Waals surface area contributed by atoms with Gasteiger partial charge in [0.2, 0.25) is 11.4 Å². The molecule has 2 rings (SSSR count). The van der Waals surface area contributed by atoms with Crippen molar-refractivity contribution in [1.82, 2.24) is 0 Å². The summed E-state index contributed by atoms with van der Waals surface area (Å²) in [5, 5.41) is 10.4.